The molecule has 0 bridgehead atoms. The molecule has 0 atom stereocenters. The summed E-state index contributed by atoms with van der Waals surface area (Å²) in [6.07, 6.45) is 0.835. The molecule has 5 nitrogen and oxygen atoms in total. The predicted molar refractivity (Wildman–Crippen MR) is 87.8 cm³/mol. The molecule has 23 heavy (non-hydrogen) atoms. The summed E-state index contributed by atoms with van der Waals surface area (Å²) in [4.78, 5) is 18.3. The summed E-state index contributed by atoms with van der Waals surface area (Å²) in [5, 5.41) is 2.97. The van der Waals surface area contributed by atoms with E-state index in [0.29, 0.717) is 29.3 Å². The quantitative estimate of drug-likeness (QED) is 0.591. The van der Waals surface area contributed by atoms with E-state index >= 15 is 0 Å². The summed E-state index contributed by atoms with van der Waals surface area (Å²) in [5.74, 6) is -2.78. The van der Waals surface area contributed by atoms with Crippen molar-refractivity contribution >= 4 is 28.7 Å². The van der Waals surface area contributed by atoms with Gasteiger partial charge in [-0.15, -0.1) is 0 Å². The van der Waals surface area contributed by atoms with E-state index in [-0.39, 0.29) is 17.6 Å². The summed E-state index contributed by atoms with van der Waals surface area (Å²) >= 11 is 0.357. The molecule has 0 saturated heterocycles. The first-order valence-corrected chi connectivity index (χ1v) is 8.17. The number of halogens is 2. The van der Waals surface area contributed by atoms with Gasteiger partial charge >= 0.3 is 0 Å². The van der Waals surface area contributed by atoms with E-state index < -0.39 is 5.76 Å². The third-order valence-electron chi connectivity index (χ3n) is 3.22. The first kappa shape index (κ1) is 17.7. The number of amides is 1. The number of carbonyl (C=O) groups excluding carboxylic acids is 1. The Morgan fingerprint density at radius 3 is 2.83 bits per heavy atom. The van der Waals surface area contributed by atoms with Crippen LogP contribution in [0.2, 0.25) is 0 Å². The largest absolute Gasteiger partial charge is 0.355 e. The molecule has 1 aromatic heterocycles. The highest BCUT2D eigenvalue weighted by Crippen LogP contribution is 2.28. The number of hydrogen-bond donors (Lipinski definition) is 1. The lowest BCUT2D eigenvalue weighted by atomic mass is 10.3. The maximum absolute atomic E-state index is 12.7. The van der Waals surface area contributed by atoms with Gasteiger partial charge in [-0.1, -0.05) is 12.1 Å². The van der Waals surface area contributed by atoms with Gasteiger partial charge in [-0.05, 0) is 51.0 Å². The van der Waals surface area contributed by atoms with Gasteiger partial charge in [0.25, 0.3) is 5.76 Å². The van der Waals surface area contributed by atoms with Crippen LogP contribution in [0.3, 0.4) is 0 Å². The maximum Gasteiger partial charge on any atom is 0.291 e. The van der Waals surface area contributed by atoms with Crippen LogP contribution in [0, 0.1) is 0 Å². The van der Waals surface area contributed by atoms with Crippen LogP contribution < -0.4 is 5.32 Å². The average molecular weight is 342 g/mol. The summed E-state index contributed by atoms with van der Waals surface area (Å²) in [5.41, 5.74) is 1.29. The highest BCUT2D eigenvalue weighted by molar-refractivity contribution is 7.99. The van der Waals surface area contributed by atoms with Gasteiger partial charge in [-0.3, -0.25) is 4.79 Å². The Kier molecular flexibility index (Phi) is 6.35. The van der Waals surface area contributed by atoms with Crippen LogP contribution in [-0.2, 0) is 11.3 Å². The molecule has 8 heteroatoms. The molecule has 0 unspecified atom stereocenters. The Morgan fingerprint density at radius 2 is 2.13 bits per heavy atom. The summed E-state index contributed by atoms with van der Waals surface area (Å²) in [7, 11) is 3.93. The molecule has 126 valence electrons. The Hall–Kier alpha value is -1.67. The number of carbonyl (C=O) groups is 1. The molecule has 1 aromatic carbocycles. The number of alkyl halides is 2. The highest BCUT2D eigenvalue weighted by atomic mass is 32.2. The number of rotatable bonds is 8. The number of benzene rings is 1. The van der Waals surface area contributed by atoms with Gasteiger partial charge in [-0.25, -0.2) is 4.98 Å². The van der Waals surface area contributed by atoms with Crippen molar-refractivity contribution in [3.8, 4) is 0 Å². The van der Waals surface area contributed by atoms with Crippen LogP contribution >= 0.6 is 11.8 Å². The van der Waals surface area contributed by atoms with Crippen LogP contribution in [0.25, 0.3) is 11.0 Å². The topological polar surface area (TPSA) is 50.2 Å². The first-order valence-electron chi connectivity index (χ1n) is 7.29. The van der Waals surface area contributed by atoms with Crippen molar-refractivity contribution in [2.75, 3.05) is 27.2 Å². The zero-order chi connectivity index (χ0) is 16.8. The number of thioether (sulfide) groups is 1. The normalized spacial score (nSPS) is 11.6. The summed E-state index contributed by atoms with van der Waals surface area (Å²) in [6.45, 7) is 1.42. The minimum atomic E-state index is -2.58. The summed E-state index contributed by atoms with van der Waals surface area (Å²) in [6, 6.07) is 7.11. The molecule has 0 fully saturated rings. The molecule has 2 rings (SSSR count). The minimum absolute atomic E-state index is 0.0163. The molecule has 0 saturated carbocycles. The average Bonchev–Trinajstić information content (AvgIpc) is 2.80. The number of nitrogens with one attached hydrogen (secondary N) is 1. The molecule has 0 radical (unpaired) electrons. The number of para-hydroxylation sites is 2. The van der Waals surface area contributed by atoms with Crippen LogP contribution in [0.15, 0.2) is 29.4 Å². The number of nitrogens with zero attached hydrogens (tertiary/aromatic N) is 3. The van der Waals surface area contributed by atoms with E-state index in [9.17, 15) is 13.6 Å². The van der Waals surface area contributed by atoms with Crippen LogP contribution in [0.5, 0.6) is 0 Å². The molecule has 1 heterocycles. The van der Waals surface area contributed by atoms with E-state index in [1.165, 1.54) is 4.57 Å². The van der Waals surface area contributed by atoms with E-state index in [1.807, 2.05) is 19.0 Å². The fraction of sp³-hybridized carbons (Fsp3) is 0.467. The predicted octanol–water partition coefficient (Wildman–Crippen LogP) is 2.42. The SMILES string of the molecule is CN(C)CCCNC(=O)Cn1c(SC(F)F)nc2ccccc21. The minimum Gasteiger partial charge on any atom is -0.355 e. The Morgan fingerprint density at radius 1 is 1.39 bits per heavy atom. The van der Waals surface area contributed by atoms with Crippen molar-refractivity contribution in [2.24, 2.45) is 0 Å². The fourth-order valence-electron chi connectivity index (χ4n) is 2.20. The monoisotopic (exact) mass is 342 g/mol. The third kappa shape index (κ3) is 5.18. The van der Waals surface area contributed by atoms with E-state index in [0.717, 1.165) is 13.0 Å². The van der Waals surface area contributed by atoms with Gasteiger partial charge < -0.3 is 14.8 Å². The van der Waals surface area contributed by atoms with Crippen molar-refractivity contribution in [2.45, 2.75) is 23.9 Å². The van der Waals surface area contributed by atoms with Gasteiger partial charge in [0.2, 0.25) is 5.91 Å². The molecular formula is C15H20F2N4OS. The number of hydrogen-bond acceptors (Lipinski definition) is 4. The smallest absolute Gasteiger partial charge is 0.291 e. The molecule has 1 N–H and O–H groups in total. The molecule has 0 aliphatic carbocycles. The maximum atomic E-state index is 12.7. The van der Waals surface area contributed by atoms with Crippen LogP contribution in [0.4, 0.5) is 8.78 Å². The van der Waals surface area contributed by atoms with Crippen molar-refractivity contribution in [3.05, 3.63) is 24.3 Å². The zero-order valence-corrected chi connectivity index (χ0v) is 13.9. The molecule has 0 spiro atoms. The van der Waals surface area contributed by atoms with Crippen molar-refractivity contribution in [1.82, 2.24) is 19.8 Å². The number of imidazole rings is 1. The molecule has 0 aliphatic rings. The van der Waals surface area contributed by atoms with E-state index in [2.05, 4.69) is 10.3 Å². The zero-order valence-electron chi connectivity index (χ0n) is 13.1. The molecular weight excluding hydrogens is 322 g/mol. The second kappa shape index (κ2) is 8.26. The summed E-state index contributed by atoms with van der Waals surface area (Å²) < 4.78 is 26.9. The number of aromatic nitrogens is 2. The fourth-order valence-corrected chi connectivity index (χ4v) is 2.80. The molecule has 0 aliphatic heterocycles. The second-order valence-corrected chi connectivity index (χ2v) is 6.31. The third-order valence-corrected chi connectivity index (χ3v) is 3.92. The Balaban J connectivity index is 2.06. The first-order chi connectivity index (χ1) is 11.0. The lowest BCUT2D eigenvalue weighted by molar-refractivity contribution is -0.121. The van der Waals surface area contributed by atoms with Crippen LogP contribution in [0.1, 0.15) is 6.42 Å². The second-order valence-electron chi connectivity index (χ2n) is 5.35. The van der Waals surface area contributed by atoms with Gasteiger partial charge in [-0.2, -0.15) is 8.78 Å². The van der Waals surface area contributed by atoms with Crippen LogP contribution in [-0.4, -0.2) is 53.3 Å². The van der Waals surface area contributed by atoms with Gasteiger partial charge in [0, 0.05) is 6.54 Å². The Labute approximate surface area is 138 Å². The lowest BCUT2D eigenvalue weighted by Crippen LogP contribution is -2.30. The van der Waals surface area contributed by atoms with Gasteiger partial charge in [0.1, 0.15) is 6.54 Å². The van der Waals surface area contributed by atoms with Crippen molar-refractivity contribution in [3.63, 3.8) is 0 Å². The lowest BCUT2D eigenvalue weighted by Gasteiger charge is -2.11. The van der Waals surface area contributed by atoms with E-state index in [1.54, 1.807) is 24.3 Å². The van der Waals surface area contributed by atoms with Crippen molar-refractivity contribution in [1.29, 1.82) is 0 Å². The highest BCUT2D eigenvalue weighted by Gasteiger charge is 2.17. The number of fused-ring (bicyclic) bond motifs is 1. The molecule has 2 aromatic rings. The van der Waals surface area contributed by atoms with Gasteiger partial charge in [0.15, 0.2) is 5.16 Å². The van der Waals surface area contributed by atoms with Crippen molar-refractivity contribution < 1.29 is 13.6 Å². The Bertz CT molecular complexity index is 660. The van der Waals surface area contributed by atoms with E-state index in [4.69, 9.17) is 0 Å². The molecule has 1 amide bonds. The standard InChI is InChI=1S/C15H20F2N4OS/c1-20(2)9-5-8-18-13(22)10-21-12-7-4-3-6-11(12)19-15(21)23-14(16)17/h3-4,6-7,14H,5,8-10H2,1-2H3,(H,18,22). The van der Waals surface area contributed by atoms with Gasteiger partial charge in [0.05, 0.1) is 11.0 Å².